The number of amides is 1. The Morgan fingerprint density at radius 2 is 1.82 bits per heavy atom. The van der Waals surface area contributed by atoms with E-state index in [1.165, 1.54) is 0 Å². The van der Waals surface area contributed by atoms with E-state index < -0.39 is 11.7 Å². The molecule has 158 valence electrons. The fourth-order valence-electron chi connectivity index (χ4n) is 2.24. The standard InChI is InChI=1S/C20H34N4O4/c1-15-7-8-16(17(13-15)27-12-11-26-6)14-24-18(21-5)22-9-10-23-19(25)28-20(2,3)4/h7-8,13H,9-12,14H2,1-6H3,(H,23,25)(H2,21,22,24). The highest BCUT2D eigenvalue weighted by molar-refractivity contribution is 5.79. The SMILES string of the molecule is CN=C(NCCNC(=O)OC(C)(C)C)NCc1ccc(C)cc1OCCOC. The minimum Gasteiger partial charge on any atom is -0.491 e. The van der Waals surface area contributed by atoms with Gasteiger partial charge in [0.25, 0.3) is 0 Å². The van der Waals surface area contributed by atoms with E-state index in [1.807, 2.05) is 45.9 Å². The lowest BCUT2D eigenvalue weighted by atomic mass is 10.1. The van der Waals surface area contributed by atoms with Crippen molar-refractivity contribution in [2.75, 3.05) is 40.5 Å². The Balaban J connectivity index is 2.44. The third-order valence-corrected chi connectivity index (χ3v) is 3.52. The molecule has 0 aliphatic rings. The quantitative estimate of drug-likeness (QED) is 0.338. The van der Waals surface area contributed by atoms with Gasteiger partial charge in [-0.25, -0.2) is 4.79 Å². The molecule has 0 radical (unpaired) electrons. The van der Waals surface area contributed by atoms with E-state index in [1.54, 1.807) is 14.2 Å². The predicted molar refractivity (Wildman–Crippen MR) is 111 cm³/mol. The Labute approximate surface area is 168 Å². The van der Waals surface area contributed by atoms with Crippen LogP contribution in [0.15, 0.2) is 23.2 Å². The molecule has 0 aliphatic carbocycles. The van der Waals surface area contributed by atoms with Crippen LogP contribution < -0.4 is 20.7 Å². The minimum atomic E-state index is -0.508. The number of ether oxygens (including phenoxy) is 3. The molecule has 28 heavy (non-hydrogen) atoms. The second kappa shape index (κ2) is 12.1. The van der Waals surface area contributed by atoms with Gasteiger partial charge >= 0.3 is 6.09 Å². The van der Waals surface area contributed by atoms with Gasteiger partial charge in [0.15, 0.2) is 5.96 Å². The van der Waals surface area contributed by atoms with Crippen LogP contribution in [-0.4, -0.2) is 58.1 Å². The van der Waals surface area contributed by atoms with Crippen molar-refractivity contribution in [3.05, 3.63) is 29.3 Å². The molecular weight excluding hydrogens is 360 g/mol. The zero-order chi connectivity index (χ0) is 21.0. The number of aryl methyl sites for hydroxylation is 1. The van der Waals surface area contributed by atoms with Crippen LogP contribution in [-0.2, 0) is 16.0 Å². The fourth-order valence-corrected chi connectivity index (χ4v) is 2.24. The molecule has 1 rings (SSSR count). The molecular formula is C20H34N4O4. The molecule has 0 bridgehead atoms. The molecule has 1 aromatic carbocycles. The Morgan fingerprint density at radius 3 is 2.46 bits per heavy atom. The molecule has 0 aliphatic heterocycles. The van der Waals surface area contributed by atoms with E-state index in [0.717, 1.165) is 16.9 Å². The second-order valence-electron chi connectivity index (χ2n) is 7.23. The van der Waals surface area contributed by atoms with E-state index in [2.05, 4.69) is 20.9 Å². The lowest BCUT2D eigenvalue weighted by molar-refractivity contribution is 0.0529. The number of hydrogen-bond acceptors (Lipinski definition) is 5. The molecule has 0 fully saturated rings. The second-order valence-corrected chi connectivity index (χ2v) is 7.23. The third-order valence-electron chi connectivity index (χ3n) is 3.52. The fraction of sp³-hybridized carbons (Fsp3) is 0.600. The van der Waals surface area contributed by atoms with Crippen molar-refractivity contribution in [3.63, 3.8) is 0 Å². The molecule has 1 amide bonds. The lowest BCUT2D eigenvalue weighted by Crippen LogP contribution is -2.42. The maximum absolute atomic E-state index is 11.6. The van der Waals surface area contributed by atoms with Crippen molar-refractivity contribution >= 4 is 12.1 Å². The van der Waals surface area contributed by atoms with Gasteiger partial charge in [-0.2, -0.15) is 0 Å². The number of guanidine groups is 1. The predicted octanol–water partition coefficient (Wildman–Crippen LogP) is 2.21. The van der Waals surface area contributed by atoms with Crippen LogP contribution in [0.3, 0.4) is 0 Å². The van der Waals surface area contributed by atoms with E-state index in [4.69, 9.17) is 14.2 Å². The number of nitrogens with one attached hydrogen (secondary N) is 3. The summed E-state index contributed by atoms with van der Waals surface area (Å²) in [5.74, 6) is 1.46. The normalized spacial score (nSPS) is 11.7. The highest BCUT2D eigenvalue weighted by atomic mass is 16.6. The van der Waals surface area contributed by atoms with Gasteiger partial charge in [0, 0.05) is 39.4 Å². The minimum absolute atomic E-state index is 0.422. The van der Waals surface area contributed by atoms with Gasteiger partial charge in [0.2, 0.25) is 0 Å². The van der Waals surface area contributed by atoms with Gasteiger partial charge in [0.05, 0.1) is 6.61 Å². The van der Waals surface area contributed by atoms with Crippen molar-refractivity contribution in [1.82, 2.24) is 16.0 Å². The van der Waals surface area contributed by atoms with Gasteiger partial charge < -0.3 is 30.2 Å². The van der Waals surface area contributed by atoms with Crippen LogP contribution in [0.5, 0.6) is 5.75 Å². The van der Waals surface area contributed by atoms with Gasteiger partial charge in [-0.1, -0.05) is 12.1 Å². The van der Waals surface area contributed by atoms with Gasteiger partial charge in [-0.05, 0) is 39.3 Å². The van der Waals surface area contributed by atoms with Crippen molar-refractivity contribution in [3.8, 4) is 5.75 Å². The molecule has 3 N–H and O–H groups in total. The third kappa shape index (κ3) is 10.0. The molecule has 0 aromatic heterocycles. The monoisotopic (exact) mass is 394 g/mol. The van der Waals surface area contributed by atoms with Gasteiger partial charge in [-0.15, -0.1) is 0 Å². The molecule has 0 heterocycles. The maximum atomic E-state index is 11.6. The molecule has 0 spiro atoms. The zero-order valence-corrected chi connectivity index (χ0v) is 17.8. The number of carbonyl (C=O) groups excluding carboxylic acids is 1. The molecule has 8 heteroatoms. The first-order chi connectivity index (χ1) is 13.2. The summed E-state index contributed by atoms with van der Waals surface area (Å²) in [6.45, 7) is 10.0. The number of hydrogen-bond donors (Lipinski definition) is 3. The molecule has 0 unspecified atom stereocenters. The number of nitrogens with zero attached hydrogens (tertiary/aromatic N) is 1. The highest BCUT2D eigenvalue weighted by Gasteiger charge is 2.15. The summed E-state index contributed by atoms with van der Waals surface area (Å²) in [5, 5.41) is 9.09. The van der Waals surface area contributed by atoms with Crippen molar-refractivity contribution in [1.29, 1.82) is 0 Å². The topological polar surface area (TPSA) is 93.2 Å². The van der Waals surface area contributed by atoms with Crippen LogP contribution >= 0.6 is 0 Å². The maximum Gasteiger partial charge on any atom is 0.407 e. The lowest BCUT2D eigenvalue weighted by Gasteiger charge is -2.20. The summed E-state index contributed by atoms with van der Waals surface area (Å²) >= 11 is 0. The Hall–Kier alpha value is -2.48. The van der Waals surface area contributed by atoms with Crippen molar-refractivity contribution < 1.29 is 19.0 Å². The summed E-state index contributed by atoms with van der Waals surface area (Å²) in [5.41, 5.74) is 1.65. The Kier molecular flexibility index (Phi) is 10.2. The smallest absolute Gasteiger partial charge is 0.407 e. The average Bonchev–Trinajstić information content (AvgIpc) is 2.61. The van der Waals surface area contributed by atoms with Crippen LogP contribution in [0, 0.1) is 6.92 Å². The first-order valence-electron chi connectivity index (χ1n) is 9.38. The molecule has 0 saturated carbocycles. The number of alkyl carbamates (subject to hydrolysis) is 1. The van der Waals surface area contributed by atoms with Crippen molar-refractivity contribution in [2.24, 2.45) is 4.99 Å². The average molecular weight is 395 g/mol. The van der Waals surface area contributed by atoms with Crippen LogP contribution in [0.4, 0.5) is 4.79 Å². The van der Waals surface area contributed by atoms with E-state index >= 15 is 0 Å². The van der Waals surface area contributed by atoms with E-state index in [-0.39, 0.29) is 0 Å². The van der Waals surface area contributed by atoms with Crippen LogP contribution in [0.2, 0.25) is 0 Å². The molecule has 8 nitrogen and oxygen atoms in total. The summed E-state index contributed by atoms with van der Waals surface area (Å²) in [6.07, 6.45) is -0.435. The molecule has 0 atom stereocenters. The summed E-state index contributed by atoms with van der Waals surface area (Å²) < 4.78 is 16.0. The zero-order valence-electron chi connectivity index (χ0n) is 17.8. The highest BCUT2D eigenvalue weighted by Crippen LogP contribution is 2.20. The number of aliphatic imine (C=N–C) groups is 1. The Bertz CT molecular complexity index is 642. The van der Waals surface area contributed by atoms with E-state index in [9.17, 15) is 4.79 Å². The largest absolute Gasteiger partial charge is 0.491 e. The molecule has 0 saturated heterocycles. The van der Waals surface area contributed by atoms with Gasteiger partial charge in [0.1, 0.15) is 18.0 Å². The van der Waals surface area contributed by atoms with Crippen molar-refractivity contribution in [2.45, 2.75) is 39.8 Å². The number of methoxy groups -OCH3 is 1. The Morgan fingerprint density at radius 1 is 1.11 bits per heavy atom. The van der Waals surface area contributed by atoms with Gasteiger partial charge in [-0.3, -0.25) is 4.99 Å². The number of carbonyl (C=O) groups is 1. The summed E-state index contributed by atoms with van der Waals surface area (Å²) in [7, 11) is 3.34. The summed E-state index contributed by atoms with van der Waals surface area (Å²) in [6, 6.07) is 6.08. The van der Waals surface area contributed by atoms with Crippen LogP contribution in [0.25, 0.3) is 0 Å². The molecule has 1 aromatic rings. The first kappa shape index (κ1) is 23.6. The first-order valence-corrected chi connectivity index (χ1v) is 9.38. The number of rotatable bonds is 9. The number of benzene rings is 1. The van der Waals surface area contributed by atoms with E-state index in [0.29, 0.717) is 38.8 Å². The van der Waals surface area contributed by atoms with Crippen LogP contribution in [0.1, 0.15) is 31.9 Å². The summed E-state index contributed by atoms with van der Waals surface area (Å²) in [4.78, 5) is 15.8.